The van der Waals surface area contributed by atoms with Crippen molar-refractivity contribution >= 4 is 26.8 Å². The maximum absolute atomic E-state index is 12.7. The minimum Gasteiger partial charge on any atom is -0.311 e. The molecule has 0 bridgehead atoms. The minimum atomic E-state index is -3.74. The Kier molecular flexibility index (Phi) is 6.42. The maximum atomic E-state index is 12.7. The maximum Gasteiger partial charge on any atom is 0.349 e. The molecule has 0 N–H and O–H groups in total. The molecular formula is C11H17ClO6P2. The molecule has 0 spiro atoms. The Labute approximate surface area is 123 Å². The second-order valence-corrected chi connectivity index (χ2v) is 9.23. The van der Waals surface area contributed by atoms with Crippen LogP contribution in [0.25, 0.3) is 0 Å². The van der Waals surface area contributed by atoms with Crippen molar-refractivity contribution < 1.29 is 27.2 Å². The van der Waals surface area contributed by atoms with E-state index in [1.54, 1.807) is 24.3 Å². The third-order valence-corrected chi connectivity index (χ3v) is 8.56. The molecule has 1 rings (SSSR count). The molecular weight excluding hydrogens is 326 g/mol. The zero-order valence-corrected chi connectivity index (χ0v) is 14.2. The molecule has 0 saturated carbocycles. The van der Waals surface area contributed by atoms with Crippen molar-refractivity contribution in [1.29, 1.82) is 0 Å². The Morgan fingerprint density at radius 3 is 1.50 bits per heavy atom. The summed E-state index contributed by atoms with van der Waals surface area (Å²) in [6.07, 6.45) is 0. The number of rotatable bonds is 7. The summed E-state index contributed by atoms with van der Waals surface area (Å²) in [5.74, 6) is 0. The number of hydrogen-bond acceptors (Lipinski definition) is 6. The van der Waals surface area contributed by atoms with Crippen molar-refractivity contribution in [1.82, 2.24) is 0 Å². The van der Waals surface area contributed by atoms with E-state index in [1.165, 1.54) is 28.4 Å². The van der Waals surface area contributed by atoms with Gasteiger partial charge in [-0.25, -0.2) is 0 Å². The lowest BCUT2D eigenvalue weighted by Crippen LogP contribution is -2.07. The molecule has 0 saturated heterocycles. The van der Waals surface area contributed by atoms with Crippen molar-refractivity contribution in [2.24, 2.45) is 0 Å². The van der Waals surface area contributed by atoms with Gasteiger partial charge in [0.05, 0.1) is 0 Å². The predicted molar refractivity (Wildman–Crippen MR) is 77.4 cm³/mol. The molecule has 0 unspecified atom stereocenters. The third-order valence-electron chi connectivity index (χ3n) is 2.79. The summed E-state index contributed by atoms with van der Waals surface area (Å²) in [6.45, 7) is 0. The summed E-state index contributed by atoms with van der Waals surface area (Å²) in [7, 11) is -2.63. The van der Waals surface area contributed by atoms with E-state index in [1.807, 2.05) is 0 Å². The molecule has 9 heteroatoms. The van der Waals surface area contributed by atoms with Crippen molar-refractivity contribution in [2.75, 3.05) is 28.4 Å². The molecule has 0 fully saturated rings. The fourth-order valence-electron chi connectivity index (χ4n) is 1.72. The van der Waals surface area contributed by atoms with Gasteiger partial charge in [0.15, 0.2) is 5.40 Å². The molecule has 0 aliphatic rings. The van der Waals surface area contributed by atoms with Crippen LogP contribution in [0.1, 0.15) is 11.0 Å². The van der Waals surface area contributed by atoms with Crippen LogP contribution in [0, 0.1) is 0 Å². The highest BCUT2D eigenvalue weighted by Crippen LogP contribution is 2.77. The highest BCUT2D eigenvalue weighted by atomic mass is 35.5. The van der Waals surface area contributed by atoms with E-state index in [-0.39, 0.29) is 0 Å². The lowest BCUT2D eigenvalue weighted by Gasteiger charge is -2.29. The van der Waals surface area contributed by atoms with Gasteiger partial charge >= 0.3 is 15.2 Å². The van der Waals surface area contributed by atoms with Crippen LogP contribution in [0.15, 0.2) is 24.3 Å². The number of benzene rings is 1. The quantitative estimate of drug-likeness (QED) is 0.688. The summed E-state index contributed by atoms with van der Waals surface area (Å²) in [4.78, 5) is 0. The summed E-state index contributed by atoms with van der Waals surface area (Å²) in [5, 5.41) is -0.709. The van der Waals surface area contributed by atoms with Crippen LogP contribution < -0.4 is 0 Å². The van der Waals surface area contributed by atoms with Crippen LogP contribution in [-0.2, 0) is 27.2 Å². The molecule has 1 aromatic rings. The number of halogens is 1. The van der Waals surface area contributed by atoms with Crippen molar-refractivity contribution in [3.63, 3.8) is 0 Å². The predicted octanol–water partition coefficient (Wildman–Crippen LogP) is 4.31. The first kappa shape index (κ1) is 17.9. The Morgan fingerprint density at radius 2 is 1.20 bits per heavy atom. The van der Waals surface area contributed by atoms with Crippen LogP contribution in [-0.4, -0.2) is 28.4 Å². The molecule has 0 amide bonds. The topological polar surface area (TPSA) is 71.1 Å². The standard InChI is InChI=1S/C11H17ClO6P2/c1-15-19(13,16-2)11(20(14,17-3)18-4)9-5-7-10(12)8-6-9/h5-8,11H,1-4H3. The van der Waals surface area contributed by atoms with Crippen molar-refractivity contribution in [3.8, 4) is 0 Å². The lowest BCUT2D eigenvalue weighted by atomic mass is 10.2. The zero-order chi connectivity index (χ0) is 15.4. The van der Waals surface area contributed by atoms with Crippen LogP contribution in [0.3, 0.4) is 0 Å². The van der Waals surface area contributed by atoms with Gasteiger partial charge in [0, 0.05) is 33.5 Å². The van der Waals surface area contributed by atoms with Gasteiger partial charge in [0.2, 0.25) is 0 Å². The summed E-state index contributed by atoms with van der Waals surface area (Å²) < 4.78 is 45.2. The van der Waals surface area contributed by atoms with E-state index >= 15 is 0 Å². The molecule has 0 atom stereocenters. The molecule has 0 radical (unpaired) electrons. The second kappa shape index (κ2) is 7.19. The van der Waals surface area contributed by atoms with E-state index < -0.39 is 20.6 Å². The highest BCUT2D eigenvalue weighted by Gasteiger charge is 2.50. The van der Waals surface area contributed by atoms with Crippen LogP contribution in [0.2, 0.25) is 5.02 Å². The van der Waals surface area contributed by atoms with Gasteiger partial charge < -0.3 is 18.1 Å². The molecule has 0 heterocycles. The van der Waals surface area contributed by atoms with Gasteiger partial charge in [-0.3, -0.25) is 9.13 Å². The Balaban J connectivity index is 3.46. The molecule has 0 aliphatic carbocycles. The van der Waals surface area contributed by atoms with Crippen molar-refractivity contribution in [2.45, 2.75) is 5.40 Å². The van der Waals surface area contributed by atoms with Crippen LogP contribution in [0.4, 0.5) is 0 Å². The molecule has 20 heavy (non-hydrogen) atoms. The smallest absolute Gasteiger partial charge is 0.311 e. The van der Waals surface area contributed by atoms with Crippen LogP contribution in [0.5, 0.6) is 0 Å². The Morgan fingerprint density at radius 1 is 0.850 bits per heavy atom. The van der Waals surface area contributed by atoms with E-state index in [0.717, 1.165) is 0 Å². The van der Waals surface area contributed by atoms with Gasteiger partial charge in [0.25, 0.3) is 0 Å². The first-order valence-corrected chi connectivity index (χ1v) is 9.15. The molecule has 6 nitrogen and oxygen atoms in total. The largest absolute Gasteiger partial charge is 0.349 e. The third kappa shape index (κ3) is 3.52. The van der Waals surface area contributed by atoms with E-state index in [9.17, 15) is 9.13 Å². The number of hydrogen-bond donors (Lipinski definition) is 0. The van der Waals surface area contributed by atoms with Gasteiger partial charge in [-0.05, 0) is 17.7 Å². The second-order valence-electron chi connectivity index (χ2n) is 3.74. The van der Waals surface area contributed by atoms with E-state index in [4.69, 9.17) is 29.7 Å². The van der Waals surface area contributed by atoms with E-state index in [2.05, 4.69) is 0 Å². The first-order chi connectivity index (χ1) is 9.36. The van der Waals surface area contributed by atoms with Gasteiger partial charge in [-0.1, -0.05) is 23.7 Å². The highest BCUT2D eigenvalue weighted by molar-refractivity contribution is 7.72. The average molecular weight is 343 g/mol. The van der Waals surface area contributed by atoms with Crippen molar-refractivity contribution in [3.05, 3.63) is 34.9 Å². The zero-order valence-electron chi connectivity index (χ0n) is 11.6. The van der Waals surface area contributed by atoms with Crippen LogP contribution >= 0.6 is 26.8 Å². The fraction of sp³-hybridized carbons (Fsp3) is 0.455. The van der Waals surface area contributed by atoms with Gasteiger partial charge in [-0.15, -0.1) is 0 Å². The van der Waals surface area contributed by atoms with Gasteiger partial charge in [-0.2, -0.15) is 0 Å². The SMILES string of the molecule is COP(=O)(OC)C(c1ccc(Cl)cc1)P(=O)(OC)OC. The molecule has 114 valence electrons. The Hall–Kier alpha value is -0.190. The molecule has 0 aromatic heterocycles. The molecule has 0 aliphatic heterocycles. The molecule has 1 aromatic carbocycles. The summed E-state index contributed by atoms with van der Waals surface area (Å²) >= 11 is 5.82. The monoisotopic (exact) mass is 342 g/mol. The first-order valence-electron chi connectivity index (χ1n) is 5.54. The average Bonchev–Trinajstić information content (AvgIpc) is 2.48. The van der Waals surface area contributed by atoms with E-state index in [0.29, 0.717) is 10.6 Å². The summed E-state index contributed by atoms with van der Waals surface area (Å²) in [5.41, 5.74) is 0.425. The lowest BCUT2D eigenvalue weighted by molar-refractivity contribution is 0.247. The summed E-state index contributed by atoms with van der Waals surface area (Å²) in [6, 6.07) is 6.30. The Bertz CT molecular complexity index is 490. The van der Waals surface area contributed by atoms with Gasteiger partial charge in [0.1, 0.15) is 0 Å². The minimum absolute atomic E-state index is 0.425. The normalized spacial score (nSPS) is 12.9. The fourth-order valence-corrected chi connectivity index (χ4v) is 6.54.